The van der Waals surface area contributed by atoms with Crippen LogP contribution in [0.5, 0.6) is 0 Å². The van der Waals surface area contributed by atoms with Gasteiger partial charge in [-0.05, 0) is 93.9 Å². The summed E-state index contributed by atoms with van der Waals surface area (Å²) in [5.74, 6) is 0.331. The van der Waals surface area contributed by atoms with Crippen LogP contribution in [0.3, 0.4) is 0 Å². The molecule has 0 saturated heterocycles. The van der Waals surface area contributed by atoms with Crippen LogP contribution in [0.15, 0.2) is 69.4 Å². The first-order chi connectivity index (χ1) is 17.2. The van der Waals surface area contributed by atoms with Crippen molar-refractivity contribution in [3.8, 4) is 0 Å². The lowest BCUT2D eigenvalue weighted by molar-refractivity contribution is -0.114. The van der Waals surface area contributed by atoms with Crippen LogP contribution in [0.2, 0.25) is 0 Å². The molecule has 1 aromatic rings. The Bertz CT molecular complexity index is 1450. The Morgan fingerprint density at radius 2 is 1.29 bits per heavy atom. The summed E-state index contributed by atoms with van der Waals surface area (Å²) in [5, 5.41) is 0. The topological polar surface area (TPSA) is 34.1 Å². The Labute approximate surface area is 234 Å². The summed E-state index contributed by atoms with van der Waals surface area (Å²) in [6.07, 6.45) is 6.35. The van der Waals surface area contributed by atoms with Crippen molar-refractivity contribution in [1.29, 1.82) is 0 Å². The molecule has 3 aliphatic rings. The number of ketones is 2. The first kappa shape index (κ1) is 28.5. The van der Waals surface area contributed by atoms with Gasteiger partial charge in [0, 0.05) is 31.9 Å². The van der Waals surface area contributed by atoms with Gasteiger partial charge >= 0.3 is 0 Å². The minimum atomic E-state index is -0.222. The zero-order chi connectivity index (χ0) is 28.7. The van der Waals surface area contributed by atoms with Crippen molar-refractivity contribution in [3.05, 3.63) is 79.1 Å². The largest absolute Gasteiger partial charge is 0.289 e. The highest BCUT2D eigenvalue weighted by Crippen LogP contribution is 2.61. The highest BCUT2D eigenvalue weighted by Gasteiger charge is 2.48. The minimum absolute atomic E-state index is 0.112. The van der Waals surface area contributed by atoms with Gasteiger partial charge in [-0.3, -0.25) is 9.59 Å². The van der Waals surface area contributed by atoms with Crippen LogP contribution in [0.1, 0.15) is 99.8 Å². The second-order valence-corrected chi connectivity index (χ2v) is 15.8. The van der Waals surface area contributed by atoms with E-state index in [0.29, 0.717) is 0 Å². The predicted octanol–water partition coefficient (Wildman–Crippen LogP) is 9.71. The fourth-order valence-corrected chi connectivity index (χ4v) is 7.73. The molecular formula is C35H44O2S. The predicted molar refractivity (Wildman–Crippen MR) is 163 cm³/mol. The van der Waals surface area contributed by atoms with E-state index >= 15 is 0 Å². The van der Waals surface area contributed by atoms with Crippen molar-refractivity contribution in [3.63, 3.8) is 0 Å². The Balaban J connectivity index is 1.93. The molecule has 0 saturated carbocycles. The Kier molecular flexibility index (Phi) is 6.56. The summed E-state index contributed by atoms with van der Waals surface area (Å²) in [4.78, 5) is 28.7. The summed E-state index contributed by atoms with van der Waals surface area (Å²) in [6, 6.07) is 4.50. The standard InChI is InChI=1S/C35H44O2S/c1-19-16-21(17-23(30(19)36)32(3,4)5)28(34(9,10)11)25-14-15-26(38-25)29-22-18-24(33(6,7)8)31(37)20(2)27(22)35(29,12)13/h14-18H,1-13H3/b28-21+. The number of hydrogen-bond acceptors (Lipinski definition) is 3. The SMILES string of the molecule is CC1=C/C(=C(/c2ccc(C3=C4C=C(C(C)(C)C)C(=O)C(C)=C4C3(C)C)s2)C(C)(C)C)C=C(C(C)(C)C)C1=O. The van der Waals surface area contributed by atoms with Crippen LogP contribution >= 0.6 is 11.3 Å². The zero-order valence-corrected chi connectivity index (χ0v) is 26.4. The quantitative estimate of drug-likeness (QED) is 0.383. The van der Waals surface area contributed by atoms with Gasteiger partial charge < -0.3 is 0 Å². The lowest BCUT2D eigenvalue weighted by atomic mass is 9.57. The number of carbonyl (C=O) groups is 2. The third-order valence-corrected chi connectivity index (χ3v) is 9.19. The molecule has 3 heteroatoms. The maximum absolute atomic E-state index is 13.2. The van der Waals surface area contributed by atoms with E-state index in [0.717, 1.165) is 27.9 Å². The van der Waals surface area contributed by atoms with Gasteiger partial charge in [0.2, 0.25) is 0 Å². The van der Waals surface area contributed by atoms with Gasteiger partial charge in [0.1, 0.15) is 0 Å². The molecule has 0 atom stereocenters. The average Bonchev–Trinajstić information content (AvgIpc) is 3.17. The van der Waals surface area contributed by atoms with Crippen molar-refractivity contribution in [1.82, 2.24) is 0 Å². The number of carbonyl (C=O) groups excluding carboxylic acids is 2. The van der Waals surface area contributed by atoms with Crippen LogP contribution < -0.4 is 0 Å². The van der Waals surface area contributed by atoms with E-state index in [-0.39, 0.29) is 33.2 Å². The van der Waals surface area contributed by atoms with E-state index < -0.39 is 0 Å². The number of allylic oxidation sites excluding steroid dienone is 12. The van der Waals surface area contributed by atoms with E-state index in [2.05, 4.69) is 107 Å². The van der Waals surface area contributed by atoms with Crippen molar-refractivity contribution >= 4 is 34.0 Å². The summed E-state index contributed by atoms with van der Waals surface area (Å²) < 4.78 is 0. The third-order valence-electron chi connectivity index (χ3n) is 8.07. The second-order valence-electron chi connectivity index (χ2n) is 14.8. The van der Waals surface area contributed by atoms with Gasteiger partial charge in [-0.15, -0.1) is 11.3 Å². The molecule has 1 heterocycles. The van der Waals surface area contributed by atoms with Crippen molar-refractivity contribution in [2.45, 2.75) is 90.0 Å². The minimum Gasteiger partial charge on any atom is -0.289 e. The average molecular weight is 529 g/mol. The molecule has 1 aromatic heterocycles. The van der Waals surface area contributed by atoms with Crippen LogP contribution in [-0.2, 0) is 9.59 Å². The smallest absolute Gasteiger partial charge is 0.185 e. The number of fused-ring (bicyclic) bond motifs is 1. The molecule has 0 amide bonds. The Morgan fingerprint density at radius 1 is 0.737 bits per heavy atom. The molecule has 0 aromatic carbocycles. The fraction of sp³-hybridized carbons (Fsp3) is 0.486. The van der Waals surface area contributed by atoms with Crippen molar-refractivity contribution < 1.29 is 9.59 Å². The highest BCUT2D eigenvalue weighted by atomic mass is 32.1. The first-order valence-electron chi connectivity index (χ1n) is 13.7. The normalized spacial score (nSPS) is 21.7. The summed E-state index contributed by atoms with van der Waals surface area (Å²) in [6.45, 7) is 27.9. The zero-order valence-electron chi connectivity index (χ0n) is 25.6. The molecule has 0 N–H and O–H groups in total. The van der Waals surface area contributed by atoms with Gasteiger partial charge in [0.15, 0.2) is 11.6 Å². The van der Waals surface area contributed by atoms with Crippen LogP contribution in [0.25, 0.3) is 11.1 Å². The van der Waals surface area contributed by atoms with Gasteiger partial charge in [0.25, 0.3) is 0 Å². The van der Waals surface area contributed by atoms with Crippen LogP contribution in [-0.4, -0.2) is 11.6 Å². The molecule has 38 heavy (non-hydrogen) atoms. The molecule has 0 radical (unpaired) electrons. The molecule has 0 unspecified atom stereocenters. The van der Waals surface area contributed by atoms with E-state index in [1.165, 1.54) is 32.0 Å². The van der Waals surface area contributed by atoms with Crippen LogP contribution in [0.4, 0.5) is 0 Å². The number of rotatable bonds is 2. The summed E-state index contributed by atoms with van der Waals surface area (Å²) >= 11 is 1.83. The van der Waals surface area contributed by atoms with Gasteiger partial charge in [-0.2, -0.15) is 0 Å². The Hall–Kier alpha value is -2.52. The fourth-order valence-electron chi connectivity index (χ4n) is 6.23. The Morgan fingerprint density at radius 3 is 1.82 bits per heavy atom. The molecule has 0 spiro atoms. The van der Waals surface area contributed by atoms with E-state index in [1.807, 2.05) is 25.2 Å². The maximum Gasteiger partial charge on any atom is 0.185 e. The van der Waals surface area contributed by atoms with E-state index in [1.54, 1.807) is 0 Å². The van der Waals surface area contributed by atoms with E-state index in [4.69, 9.17) is 0 Å². The van der Waals surface area contributed by atoms with Crippen molar-refractivity contribution in [2.75, 3.05) is 0 Å². The third kappa shape index (κ3) is 4.51. The highest BCUT2D eigenvalue weighted by molar-refractivity contribution is 7.14. The number of thiophene rings is 1. The first-order valence-corrected chi connectivity index (χ1v) is 14.5. The molecule has 3 aliphatic carbocycles. The van der Waals surface area contributed by atoms with E-state index in [9.17, 15) is 9.59 Å². The second kappa shape index (κ2) is 8.74. The maximum atomic E-state index is 13.2. The lowest BCUT2D eigenvalue weighted by Crippen LogP contribution is -2.35. The molecule has 4 rings (SSSR count). The van der Waals surface area contributed by atoms with Gasteiger partial charge in [-0.1, -0.05) is 76.2 Å². The molecule has 2 nitrogen and oxygen atoms in total. The molecule has 0 fully saturated rings. The molecule has 0 aliphatic heterocycles. The van der Waals surface area contributed by atoms with Crippen molar-refractivity contribution in [2.24, 2.45) is 21.7 Å². The molecule has 202 valence electrons. The van der Waals surface area contributed by atoms with Crippen LogP contribution in [0, 0.1) is 21.7 Å². The number of hydrogen-bond donors (Lipinski definition) is 0. The number of Topliss-reactive ketones (excluding diaryl/α,β-unsaturated/α-hetero) is 2. The molecular weight excluding hydrogens is 484 g/mol. The van der Waals surface area contributed by atoms with Gasteiger partial charge in [-0.25, -0.2) is 0 Å². The monoisotopic (exact) mass is 528 g/mol. The van der Waals surface area contributed by atoms with Gasteiger partial charge in [0.05, 0.1) is 0 Å². The summed E-state index contributed by atoms with van der Waals surface area (Å²) in [5.41, 5.74) is 8.88. The summed E-state index contributed by atoms with van der Waals surface area (Å²) in [7, 11) is 0. The lowest BCUT2D eigenvalue weighted by Gasteiger charge is -2.46. The molecule has 0 bridgehead atoms.